The minimum atomic E-state index is -3.37. The molecule has 1 heterocycles. The minimum Gasteiger partial charge on any atom is -0.493 e. The summed E-state index contributed by atoms with van der Waals surface area (Å²) in [7, 11) is -3.37. The fraction of sp³-hybridized carbons (Fsp3) is 0.538. The molecule has 2 unspecified atom stereocenters. The maximum atomic E-state index is 10.9. The van der Waals surface area contributed by atoms with Crippen molar-refractivity contribution in [2.75, 3.05) is 18.9 Å². The van der Waals surface area contributed by atoms with Crippen molar-refractivity contribution in [2.45, 2.75) is 19.4 Å². The van der Waals surface area contributed by atoms with Gasteiger partial charge in [-0.05, 0) is 19.0 Å². The van der Waals surface area contributed by atoms with Crippen LogP contribution in [0.25, 0.3) is 0 Å². The Morgan fingerprint density at radius 2 is 2.16 bits per heavy atom. The van der Waals surface area contributed by atoms with Gasteiger partial charge in [0.1, 0.15) is 5.75 Å². The van der Waals surface area contributed by atoms with E-state index in [0.29, 0.717) is 25.5 Å². The number of nitrogens with two attached hydrogens (primary N) is 1. The Bertz CT molecular complexity index is 530. The van der Waals surface area contributed by atoms with E-state index >= 15 is 0 Å². The number of primary sulfonamides is 1. The normalized spacial score (nSPS) is 22.6. The lowest BCUT2D eigenvalue weighted by Crippen LogP contribution is -2.35. The Morgan fingerprint density at radius 1 is 1.42 bits per heavy atom. The predicted octanol–water partition coefficient (Wildman–Crippen LogP) is 1.02. The van der Waals surface area contributed by atoms with Crippen LogP contribution in [0.1, 0.15) is 24.9 Å². The number of hydrogen-bond donors (Lipinski definition) is 2. The molecule has 6 heteroatoms. The van der Waals surface area contributed by atoms with Gasteiger partial charge in [0.2, 0.25) is 10.0 Å². The van der Waals surface area contributed by atoms with Crippen LogP contribution in [0.5, 0.6) is 5.75 Å². The van der Waals surface area contributed by atoms with Gasteiger partial charge in [0.25, 0.3) is 0 Å². The van der Waals surface area contributed by atoms with Crippen molar-refractivity contribution in [1.29, 1.82) is 0 Å². The van der Waals surface area contributed by atoms with E-state index in [0.717, 1.165) is 11.3 Å². The van der Waals surface area contributed by atoms with Crippen LogP contribution in [0.15, 0.2) is 24.3 Å². The molecule has 0 spiro atoms. The van der Waals surface area contributed by atoms with Crippen LogP contribution in [-0.4, -0.2) is 27.3 Å². The molecule has 1 aliphatic rings. The number of rotatable bonds is 5. The third-order valence-electron chi connectivity index (χ3n) is 3.29. The van der Waals surface area contributed by atoms with Crippen molar-refractivity contribution in [3.63, 3.8) is 0 Å². The van der Waals surface area contributed by atoms with E-state index in [1.807, 2.05) is 24.3 Å². The molecule has 0 radical (unpaired) electrons. The van der Waals surface area contributed by atoms with Gasteiger partial charge in [-0.3, -0.25) is 0 Å². The van der Waals surface area contributed by atoms with Gasteiger partial charge in [-0.25, -0.2) is 13.6 Å². The molecule has 1 aromatic carbocycles. The van der Waals surface area contributed by atoms with E-state index in [1.54, 1.807) is 0 Å². The molecular formula is C13H20N2O3S. The maximum Gasteiger partial charge on any atom is 0.209 e. The topological polar surface area (TPSA) is 81.4 Å². The van der Waals surface area contributed by atoms with Crippen molar-refractivity contribution in [1.82, 2.24) is 5.32 Å². The molecule has 5 nitrogen and oxygen atoms in total. The standard InChI is InChI=1S/C13H20N2O3S/c1-10-9-18-12-6-3-2-5-11(12)13(10)15-7-4-8-19(14,16)17/h2-3,5-6,10,13,15H,4,7-9H2,1H3,(H2,14,16,17). The van der Waals surface area contributed by atoms with Crippen LogP contribution in [-0.2, 0) is 10.0 Å². The van der Waals surface area contributed by atoms with Crippen molar-refractivity contribution in [3.05, 3.63) is 29.8 Å². The average molecular weight is 284 g/mol. The fourth-order valence-corrected chi connectivity index (χ4v) is 2.88. The van der Waals surface area contributed by atoms with Gasteiger partial charge in [0.05, 0.1) is 12.4 Å². The van der Waals surface area contributed by atoms with Crippen molar-refractivity contribution >= 4 is 10.0 Å². The summed E-state index contributed by atoms with van der Waals surface area (Å²) < 4.78 is 27.4. The van der Waals surface area contributed by atoms with Crippen LogP contribution >= 0.6 is 0 Å². The first-order valence-corrected chi connectivity index (χ1v) is 8.14. The molecule has 1 aromatic rings. The van der Waals surface area contributed by atoms with Gasteiger partial charge >= 0.3 is 0 Å². The first-order chi connectivity index (χ1) is 8.97. The van der Waals surface area contributed by atoms with Crippen molar-refractivity contribution in [3.8, 4) is 5.75 Å². The van der Waals surface area contributed by atoms with Crippen LogP contribution in [0, 0.1) is 5.92 Å². The molecule has 2 rings (SSSR count). The summed E-state index contributed by atoms with van der Waals surface area (Å²) in [5.74, 6) is 1.27. The van der Waals surface area contributed by atoms with Gasteiger partial charge in [-0.15, -0.1) is 0 Å². The molecule has 0 aromatic heterocycles. The monoisotopic (exact) mass is 284 g/mol. The number of fused-ring (bicyclic) bond motifs is 1. The Labute approximate surface area is 114 Å². The van der Waals surface area contributed by atoms with E-state index in [9.17, 15) is 8.42 Å². The molecule has 0 amide bonds. The van der Waals surface area contributed by atoms with Gasteiger partial charge in [0.15, 0.2) is 0 Å². The first-order valence-electron chi connectivity index (χ1n) is 6.43. The second kappa shape index (κ2) is 5.90. The predicted molar refractivity (Wildman–Crippen MR) is 74.4 cm³/mol. The van der Waals surface area contributed by atoms with Gasteiger partial charge in [-0.1, -0.05) is 25.1 Å². The number of para-hydroxylation sites is 1. The lowest BCUT2D eigenvalue weighted by atomic mass is 9.92. The van der Waals surface area contributed by atoms with E-state index in [2.05, 4.69) is 12.2 Å². The summed E-state index contributed by atoms with van der Waals surface area (Å²) in [6, 6.07) is 8.14. The highest BCUT2D eigenvalue weighted by atomic mass is 32.2. The SMILES string of the molecule is CC1COc2ccccc2C1NCCCS(N)(=O)=O. The summed E-state index contributed by atoms with van der Waals surface area (Å²) in [6.07, 6.45) is 0.519. The molecule has 1 aliphatic heterocycles. The van der Waals surface area contributed by atoms with Gasteiger partial charge in [0, 0.05) is 17.5 Å². The molecule has 0 saturated carbocycles. The maximum absolute atomic E-state index is 10.9. The summed E-state index contributed by atoms with van der Waals surface area (Å²) in [6.45, 7) is 3.41. The molecule has 0 aliphatic carbocycles. The van der Waals surface area contributed by atoms with Crippen molar-refractivity contribution in [2.24, 2.45) is 11.1 Å². The zero-order valence-corrected chi connectivity index (χ0v) is 11.8. The highest BCUT2D eigenvalue weighted by Crippen LogP contribution is 2.34. The first kappa shape index (κ1) is 14.3. The van der Waals surface area contributed by atoms with E-state index in [-0.39, 0.29) is 11.8 Å². The number of ether oxygens (including phenoxy) is 1. The minimum absolute atomic E-state index is 0.0131. The summed E-state index contributed by atoms with van der Waals surface area (Å²) in [5, 5.41) is 8.38. The van der Waals surface area contributed by atoms with Crippen LogP contribution in [0.2, 0.25) is 0 Å². The largest absolute Gasteiger partial charge is 0.493 e. The van der Waals surface area contributed by atoms with Crippen LogP contribution < -0.4 is 15.2 Å². The third-order valence-corrected chi connectivity index (χ3v) is 4.15. The van der Waals surface area contributed by atoms with Crippen molar-refractivity contribution < 1.29 is 13.2 Å². The van der Waals surface area contributed by atoms with E-state index in [1.165, 1.54) is 0 Å². The summed E-state index contributed by atoms with van der Waals surface area (Å²) in [5.41, 5.74) is 1.14. The van der Waals surface area contributed by atoms with Crippen LogP contribution in [0.3, 0.4) is 0 Å². The third kappa shape index (κ3) is 3.92. The smallest absolute Gasteiger partial charge is 0.209 e. The zero-order chi connectivity index (χ0) is 13.9. The second-order valence-electron chi connectivity index (χ2n) is 4.98. The molecular weight excluding hydrogens is 264 g/mol. The molecule has 19 heavy (non-hydrogen) atoms. The molecule has 106 valence electrons. The number of sulfonamides is 1. The molecule has 3 N–H and O–H groups in total. The Balaban J connectivity index is 1.96. The Morgan fingerprint density at radius 3 is 2.89 bits per heavy atom. The lowest BCUT2D eigenvalue weighted by Gasteiger charge is -2.32. The number of benzene rings is 1. The number of nitrogens with one attached hydrogen (secondary N) is 1. The molecule has 0 saturated heterocycles. The molecule has 0 bridgehead atoms. The Hall–Kier alpha value is -1.11. The van der Waals surface area contributed by atoms with Gasteiger partial charge < -0.3 is 10.1 Å². The quantitative estimate of drug-likeness (QED) is 0.791. The average Bonchev–Trinajstić information content (AvgIpc) is 2.35. The highest BCUT2D eigenvalue weighted by molar-refractivity contribution is 7.89. The highest BCUT2D eigenvalue weighted by Gasteiger charge is 2.26. The summed E-state index contributed by atoms with van der Waals surface area (Å²) in [4.78, 5) is 0. The van der Waals surface area contributed by atoms with Gasteiger partial charge in [-0.2, -0.15) is 0 Å². The molecule has 2 atom stereocenters. The fourth-order valence-electron chi connectivity index (χ4n) is 2.33. The second-order valence-corrected chi connectivity index (χ2v) is 6.71. The van der Waals surface area contributed by atoms with E-state index < -0.39 is 10.0 Å². The molecule has 0 fully saturated rings. The zero-order valence-electron chi connectivity index (χ0n) is 11.0. The van der Waals surface area contributed by atoms with Crippen LogP contribution in [0.4, 0.5) is 0 Å². The van der Waals surface area contributed by atoms with E-state index in [4.69, 9.17) is 9.88 Å². The number of hydrogen-bond acceptors (Lipinski definition) is 4. The summed E-state index contributed by atoms with van der Waals surface area (Å²) >= 11 is 0. The lowest BCUT2D eigenvalue weighted by molar-refractivity contribution is 0.189. The Kier molecular flexibility index (Phi) is 4.44.